The standard InChI is InChI=1S/C17H34N2O/c1-3-15-7-5-10-17(14-18,11-9-15)19(4-2)13-16-8-6-12-20-16/h15-16H,3-14,18H2,1-2H3. The zero-order valence-corrected chi connectivity index (χ0v) is 13.6. The quantitative estimate of drug-likeness (QED) is 0.761. The number of rotatable bonds is 6. The van der Waals surface area contributed by atoms with Gasteiger partial charge in [-0.1, -0.05) is 33.1 Å². The fraction of sp³-hybridized carbons (Fsp3) is 1.00. The highest BCUT2D eigenvalue weighted by atomic mass is 16.5. The maximum Gasteiger partial charge on any atom is 0.0703 e. The van der Waals surface area contributed by atoms with Gasteiger partial charge in [-0.25, -0.2) is 0 Å². The Morgan fingerprint density at radius 2 is 2.00 bits per heavy atom. The SMILES string of the molecule is CCC1CCCC(CN)(N(CC)CC2CCCO2)CC1. The Morgan fingerprint density at radius 1 is 1.15 bits per heavy atom. The summed E-state index contributed by atoms with van der Waals surface area (Å²) in [5.74, 6) is 0.921. The summed E-state index contributed by atoms with van der Waals surface area (Å²) in [7, 11) is 0. The first-order valence-electron chi connectivity index (χ1n) is 8.80. The zero-order chi connectivity index (χ0) is 14.4. The summed E-state index contributed by atoms with van der Waals surface area (Å²) < 4.78 is 5.86. The van der Waals surface area contributed by atoms with Gasteiger partial charge in [0.25, 0.3) is 0 Å². The van der Waals surface area contributed by atoms with Gasteiger partial charge in [0.15, 0.2) is 0 Å². The molecule has 2 fully saturated rings. The molecule has 2 aliphatic rings. The molecule has 0 aromatic heterocycles. The Labute approximate surface area is 125 Å². The molecule has 0 aromatic rings. The third-order valence-corrected chi connectivity index (χ3v) is 5.73. The molecule has 1 aliphatic carbocycles. The number of nitrogens with zero attached hydrogens (tertiary/aromatic N) is 1. The summed E-state index contributed by atoms with van der Waals surface area (Å²) in [6.07, 6.45) is 10.9. The van der Waals surface area contributed by atoms with Crippen molar-refractivity contribution in [2.75, 3.05) is 26.2 Å². The molecule has 3 heteroatoms. The number of ether oxygens (including phenoxy) is 1. The van der Waals surface area contributed by atoms with E-state index in [-0.39, 0.29) is 5.54 Å². The molecule has 0 bridgehead atoms. The van der Waals surface area contributed by atoms with E-state index in [9.17, 15) is 0 Å². The maximum absolute atomic E-state index is 6.26. The molecule has 1 aliphatic heterocycles. The van der Waals surface area contributed by atoms with Gasteiger partial charge in [-0.2, -0.15) is 0 Å². The van der Waals surface area contributed by atoms with Crippen LogP contribution in [0.5, 0.6) is 0 Å². The molecular weight excluding hydrogens is 248 g/mol. The van der Waals surface area contributed by atoms with Crippen LogP contribution in [0.1, 0.15) is 65.2 Å². The number of hydrogen-bond acceptors (Lipinski definition) is 3. The van der Waals surface area contributed by atoms with E-state index in [0.29, 0.717) is 6.10 Å². The van der Waals surface area contributed by atoms with E-state index in [4.69, 9.17) is 10.5 Å². The van der Waals surface area contributed by atoms with Crippen LogP contribution < -0.4 is 5.73 Å². The monoisotopic (exact) mass is 282 g/mol. The Bertz CT molecular complexity index is 278. The molecule has 1 heterocycles. The van der Waals surface area contributed by atoms with Gasteiger partial charge < -0.3 is 10.5 Å². The van der Waals surface area contributed by atoms with Crippen molar-refractivity contribution < 1.29 is 4.74 Å². The van der Waals surface area contributed by atoms with E-state index in [1.165, 1.54) is 51.4 Å². The Balaban J connectivity index is 2.01. The average Bonchev–Trinajstić information content (AvgIpc) is 2.90. The molecule has 0 radical (unpaired) electrons. The van der Waals surface area contributed by atoms with Crippen molar-refractivity contribution in [3.05, 3.63) is 0 Å². The summed E-state index contributed by atoms with van der Waals surface area (Å²) in [4.78, 5) is 2.65. The van der Waals surface area contributed by atoms with Gasteiger partial charge in [0, 0.05) is 25.2 Å². The second kappa shape index (κ2) is 7.77. The zero-order valence-electron chi connectivity index (χ0n) is 13.6. The molecule has 3 atom stereocenters. The largest absolute Gasteiger partial charge is 0.377 e. The minimum atomic E-state index is 0.241. The van der Waals surface area contributed by atoms with Crippen molar-refractivity contribution in [2.45, 2.75) is 76.9 Å². The lowest BCUT2D eigenvalue weighted by atomic mass is 9.87. The lowest BCUT2D eigenvalue weighted by Gasteiger charge is -2.44. The van der Waals surface area contributed by atoms with E-state index in [2.05, 4.69) is 18.7 Å². The van der Waals surface area contributed by atoms with Gasteiger partial charge in [0.2, 0.25) is 0 Å². The van der Waals surface area contributed by atoms with E-state index >= 15 is 0 Å². The third kappa shape index (κ3) is 3.75. The number of hydrogen-bond donors (Lipinski definition) is 1. The van der Waals surface area contributed by atoms with Gasteiger partial charge in [-0.3, -0.25) is 4.90 Å². The van der Waals surface area contributed by atoms with Crippen LogP contribution in [0.3, 0.4) is 0 Å². The topological polar surface area (TPSA) is 38.5 Å². The van der Waals surface area contributed by atoms with E-state index < -0.39 is 0 Å². The third-order valence-electron chi connectivity index (χ3n) is 5.73. The lowest BCUT2D eigenvalue weighted by Crippen LogP contribution is -2.55. The Hall–Kier alpha value is -0.120. The molecule has 0 spiro atoms. The Morgan fingerprint density at radius 3 is 2.60 bits per heavy atom. The summed E-state index contributed by atoms with van der Waals surface area (Å²) >= 11 is 0. The van der Waals surface area contributed by atoms with Crippen LogP contribution in [0.25, 0.3) is 0 Å². The van der Waals surface area contributed by atoms with Gasteiger partial charge in [0.05, 0.1) is 6.10 Å². The molecule has 3 unspecified atom stereocenters. The van der Waals surface area contributed by atoms with Gasteiger partial charge >= 0.3 is 0 Å². The van der Waals surface area contributed by atoms with Crippen LogP contribution in [0, 0.1) is 5.92 Å². The van der Waals surface area contributed by atoms with Crippen molar-refractivity contribution >= 4 is 0 Å². The minimum absolute atomic E-state index is 0.241. The van der Waals surface area contributed by atoms with E-state index in [1.54, 1.807) is 0 Å². The van der Waals surface area contributed by atoms with Gasteiger partial charge in [0.1, 0.15) is 0 Å². The molecule has 1 saturated heterocycles. The predicted molar refractivity (Wildman–Crippen MR) is 84.9 cm³/mol. The molecule has 0 amide bonds. The molecule has 2 N–H and O–H groups in total. The Kier molecular flexibility index (Phi) is 6.31. The summed E-state index contributed by atoms with van der Waals surface area (Å²) in [5, 5.41) is 0. The van der Waals surface area contributed by atoms with Crippen LogP contribution in [-0.4, -0.2) is 42.8 Å². The number of nitrogens with two attached hydrogens (primary N) is 1. The second-order valence-corrected chi connectivity index (χ2v) is 6.81. The smallest absolute Gasteiger partial charge is 0.0703 e. The van der Waals surface area contributed by atoms with Gasteiger partial charge in [-0.15, -0.1) is 0 Å². The molecule has 20 heavy (non-hydrogen) atoms. The van der Waals surface area contributed by atoms with Crippen molar-refractivity contribution in [3.63, 3.8) is 0 Å². The van der Waals surface area contributed by atoms with Crippen molar-refractivity contribution in [3.8, 4) is 0 Å². The first kappa shape index (κ1) is 16.3. The molecular formula is C17H34N2O. The van der Waals surface area contributed by atoms with Crippen LogP contribution >= 0.6 is 0 Å². The fourth-order valence-electron chi connectivity index (χ4n) is 4.21. The summed E-state index contributed by atoms with van der Waals surface area (Å²) in [6, 6.07) is 0. The minimum Gasteiger partial charge on any atom is -0.377 e. The molecule has 2 rings (SSSR count). The van der Waals surface area contributed by atoms with Crippen LogP contribution in [0.4, 0.5) is 0 Å². The fourth-order valence-corrected chi connectivity index (χ4v) is 4.21. The highest BCUT2D eigenvalue weighted by Gasteiger charge is 2.37. The summed E-state index contributed by atoms with van der Waals surface area (Å²) in [6.45, 7) is 8.58. The van der Waals surface area contributed by atoms with Gasteiger partial charge in [-0.05, 0) is 44.6 Å². The maximum atomic E-state index is 6.26. The van der Waals surface area contributed by atoms with E-state index in [0.717, 1.165) is 32.2 Å². The second-order valence-electron chi connectivity index (χ2n) is 6.81. The van der Waals surface area contributed by atoms with Crippen LogP contribution in [0.15, 0.2) is 0 Å². The van der Waals surface area contributed by atoms with Crippen LogP contribution in [0.2, 0.25) is 0 Å². The molecule has 118 valence electrons. The number of likely N-dealkylation sites (N-methyl/N-ethyl adjacent to an activating group) is 1. The average molecular weight is 282 g/mol. The summed E-state index contributed by atoms with van der Waals surface area (Å²) in [5.41, 5.74) is 6.50. The molecule has 3 nitrogen and oxygen atoms in total. The first-order valence-corrected chi connectivity index (χ1v) is 8.80. The first-order chi connectivity index (χ1) is 9.74. The normalized spacial score (nSPS) is 35.4. The lowest BCUT2D eigenvalue weighted by molar-refractivity contribution is 0.0164. The van der Waals surface area contributed by atoms with Crippen LogP contribution in [-0.2, 0) is 4.74 Å². The van der Waals surface area contributed by atoms with E-state index in [1.807, 2.05) is 0 Å². The highest BCUT2D eigenvalue weighted by molar-refractivity contribution is 4.95. The highest BCUT2D eigenvalue weighted by Crippen LogP contribution is 2.36. The predicted octanol–water partition coefficient (Wildman–Crippen LogP) is 3.18. The molecule has 1 saturated carbocycles. The van der Waals surface area contributed by atoms with Crippen molar-refractivity contribution in [1.29, 1.82) is 0 Å². The van der Waals surface area contributed by atoms with Crippen molar-refractivity contribution in [2.24, 2.45) is 11.7 Å². The van der Waals surface area contributed by atoms with Crippen molar-refractivity contribution in [1.82, 2.24) is 4.90 Å². The molecule has 0 aromatic carbocycles.